The number of nitrogens with one attached hydrogen (secondary N) is 1. The van der Waals surface area contributed by atoms with E-state index in [1.165, 1.54) is 0 Å². The molecule has 3 aromatic rings. The number of amides is 1. The Balaban J connectivity index is 2.13. The number of rotatable bonds is 4. The molecule has 2 aromatic carbocycles. The predicted molar refractivity (Wildman–Crippen MR) is 109 cm³/mol. The Hall–Kier alpha value is -2.60. The summed E-state index contributed by atoms with van der Waals surface area (Å²) in [4.78, 5) is 25.5. The van der Waals surface area contributed by atoms with Gasteiger partial charge in [-0.25, -0.2) is 0 Å². The number of phenolic OH excluding ortho intramolecular Hbond substituents is 1. The molecular formula is C21H21BrN2O3. The van der Waals surface area contributed by atoms with Crippen LogP contribution in [0.3, 0.4) is 0 Å². The normalized spacial score (nSPS) is 11.1. The van der Waals surface area contributed by atoms with Crippen molar-refractivity contribution in [2.75, 3.05) is 0 Å². The molecule has 0 spiro atoms. The summed E-state index contributed by atoms with van der Waals surface area (Å²) in [7, 11) is 0. The molecule has 1 aromatic heterocycles. The molecule has 0 bridgehead atoms. The fourth-order valence-corrected chi connectivity index (χ4v) is 3.48. The Morgan fingerprint density at radius 3 is 2.44 bits per heavy atom. The van der Waals surface area contributed by atoms with Crippen molar-refractivity contribution in [3.8, 4) is 5.75 Å². The minimum Gasteiger partial charge on any atom is -0.508 e. The largest absolute Gasteiger partial charge is 0.508 e. The second kappa shape index (κ2) is 7.56. The molecule has 3 rings (SSSR count). The number of benzene rings is 2. The van der Waals surface area contributed by atoms with Gasteiger partial charge < -0.3 is 10.4 Å². The Kier molecular flexibility index (Phi) is 5.37. The van der Waals surface area contributed by atoms with Crippen molar-refractivity contribution in [1.29, 1.82) is 0 Å². The molecular weight excluding hydrogens is 408 g/mol. The number of aromatic nitrogens is 1. The van der Waals surface area contributed by atoms with E-state index in [2.05, 4.69) is 21.2 Å². The van der Waals surface area contributed by atoms with Gasteiger partial charge in [0.1, 0.15) is 5.75 Å². The van der Waals surface area contributed by atoms with Gasteiger partial charge in [0.25, 0.3) is 5.91 Å². The highest BCUT2D eigenvalue weighted by atomic mass is 79.9. The van der Waals surface area contributed by atoms with Crippen LogP contribution in [0.1, 0.15) is 35.5 Å². The molecule has 6 heteroatoms. The molecule has 0 aliphatic carbocycles. The van der Waals surface area contributed by atoms with E-state index in [0.29, 0.717) is 22.2 Å². The second-order valence-electron chi connectivity index (χ2n) is 6.81. The number of hydrogen-bond acceptors (Lipinski definition) is 3. The topological polar surface area (TPSA) is 71.3 Å². The van der Waals surface area contributed by atoms with E-state index in [1.807, 2.05) is 32.9 Å². The zero-order valence-electron chi connectivity index (χ0n) is 15.4. The smallest absolute Gasteiger partial charge is 0.262 e. The molecule has 0 atom stereocenters. The van der Waals surface area contributed by atoms with Crippen LogP contribution in [0, 0.1) is 6.92 Å². The van der Waals surface area contributed by atoms with Crippen LogP contribution in [-0.4, -0.2) is 27.5 Å². The lowest BCUT2D eigenvalue weighted by molar-refractivity contribution is -0.120. The molecule has 0 saturated carbocycles. The lowest BCUT2D eigenvalue weighted by atomic mass is 10.1. The number of carbonyl (C=O) groups is 2. The maximum atomic E-state index is 13.1. The van der Waals surface area contributed by atoms with E-state index in [9.17, 15) is 14.7 Å². The molecule has 2 N–H and O–H groups in total. The second-order valence-corrected chi connectivity index (χ2v) is 7.73. The van der Waals surface area contributed by atoms with Gasteiger partial charge in [0, 0.05) is 27.2 Å². The van der Waals surface area contributed by atoms with Gasteiger partial charge in [0.05, 0.1) is 11.9 Å². The lowest BCUT2D eigenvalue weighted by Crippen LogP contribution is -2.31. The zero-order chi connectivity index (χ0) is 19.7. The summed E-state index contributed by atoms with van der Waals surface area (Å²) in [6.45, 7) is 5.62. The number of phenols is 1. The molecule has 0 aliphatic rings. The standard InChI is InChI=1S/C21H21BrN2O3/c1-12(2)23-20(26)11-17-13(3)24(19-9-8-16(25)10-18(17)19)21(27)14-4-6-15(22)7-5-14/h4-10,12,25H,11H2,1-3H3,(H,23,26). The van der Waals surface area contributed by atoms with Crippen LogP contribution < -0.4 is 5.32 Å². The Bertz CT molecular complexity index is 1020. The van der Waals surface area contributed by atoms with Gasteiger partial charge in [0.2, 0.25) is 5.91 Å². The van der Waals surface area contributed by atoms with Gasteiger partial charge >= 0.3 is 0 Å². The first-order chi connectivity index (χ1) is 12.8. The van der Waals surface area contributed by atoms with Gasteiger partial charge in [-0.3, -0.25) is 14.2 Å². The molecule has 1 amide bonds. The molecule has 0 fully saturated rings. The number of carbonyl (C=O) groups excluding carboxylic acids is 2. The number of halogens is 1. The Labute approximate surface area is 166 Å². The average molecular weight is 429 g/mol. The minimum absolute atomic E-state index is 0.0314. The predicted octanol–water partition coefficient (Wildman–Crippen LogP) is 4.17. The highest BCUT2D eigenvalue weighted by molar-refractivity contribution is 9.10. The van der Waals surface area contributed by atoms with E-state index in [-0.39, 0.29) is 30.0 Å². The van der Waals surface area contributed by atoms with Gasteiger partial charge in [-0.1, -0.05) is 15.9 Å². The molecule has 0 aliphatic heterocycles. The summed E-state index contributed by atoms with van der Waals surface area (Å²) >= 11 is 3.37. The van der Waals surface area contributed by atoms with Gasteiger partial charge in [-0.2, -0.15) is 0 Å². The molecule has 0 saturated heterocycles. The Morgan fingerprint density at radius 2 is 1.81 bits per heavy atom. The SMILES string of the molecule is Cc1c(CC(=O)NC(C)C)c2cc(O)ccc2n1C(=O)c1ccc(Br)cc1. The minimum atomic E-state index is -0.175. The molecule has 27 heavy (non-hydrogen) atoms. The van der Waals surface area contributed by atoms with Crippen molar-refractivity contribution >= 4 is 38.6 Å². The van der Waals surface area contributed by atoms with Crippen molar-refractivity contribution in [2.45, 2.75) is 33.2 Å². The highest BCUT2D eigenvalue weighted by Crippen LogP contribution is 2.30. The van der Waals surface area contributed by atoms with E-state index >= 15 is 0 Å². The first kappa shape index (κ1) is 19.2. The van der Waals surface area contributed by atoms with Crippen molar-refractivity contribution in [1.82, 2.24) is 9.88 Å². The number of hydrogen-bond donors (Lipinski definition) is 2. The van der Waals surface area contributed by atoms with Crippen LogP contribution in [0.15, 0.2) is 46.9 Å². The maximum absolute atomic E-state index is 13.1. The van der Waals surface area contributed by atoms with Crippen molar-refractivity contribution in [3.05, 3.63) is 63.8 Å². The lowest BCUT2D eigenvalue weighted by Gasteiger charge is -2.09. The fraction of sp³-hybridized carbons (Fsp3) is 0.238. The van der Waals surface area contributed by atoms with Crippen LogP contribution in [0.25, 0.3) is 10.9 Å². The third kappa shape index (κ3) is 3.90. The van der Waals surface area contributed by atoms with Gasteiger partial charge in [-0.05, 0) is 68.8 Å². The summed E-state index contributed by atoms with van der Waals surface area (Å²) in [6.07, 6.45) is 0.143. The Morgan fingerprint density at radius 1 is 1.15 bits per heavy atom. The zero-order valence-corrected chi connectivity index (χ0v) is 17.0. The summed E-state index contributed by atoms with van der Waals surface area (Å²) in [6, 6.07) is 12.0. The molecule has 0 radical (unpaired) electrons. The third-order valence-corrected chi connectivity index (χ3v) is 4.93. The number of fused-ring (bicyclic) bond motifs is 1. The number of nitrogens with zero attached hydrogens (tertiary/aromatic N) is 1. The van der Waals surface area contributed by atoms with E-state index in [1.54, 1.807) is 34.9 Å². The van der Waals surface area contributed by atoms with Crippen LogP contribution >= 0.6 is 15.9 Å². The average Bonchev–Trinajstić information content (AvgIpc) is 2.86. The maximum Gasteiger partial charge on any atom is 0.262 e. The van der Waals surface area contributed by atoms with Crippen molar-refractivity contribution in [3.63, 3.8) is 0 Å². The molecule has 0 unspecified atom stereocenters. The van der Waals surface area contributed by atoms with Gasteiger partial charge in [-0.15, -0.1) is 0 Å². The molecule has 5 nitrogen and oxygen atoms in total. The number of aromatic hydroxyl groups is 1. The van der Waals surface area contributed by atoms with Crippen LogP contribution in [0.5, 0.6) is 5.75 Å². The van der Waals surface area contributed by atoms with Gasteiger partial charge in [0.15, 0.2) is 0 Å². The van der Waals surface area contributed by atoms with E-state index in [0.717, 1.165) is 10.0 Å². The van der Waals surface area contributed by atoms with E-state index < -0.39 is 0 Å². The molecule has 1 heterocycles. The monoisotopic (exact) mass is 428 g/mol. The summed E-state index contributed by atoms with van der Waals surface area (Å²) in [5, 5.41) is 13.5. The van der Waals surface area contributed by atoms with E-state index in [4.69, 9.17) is 0 Å². The summed E-state index contributed by atoms with van der Waals surface area (Å²) in [5.41, 5.74) is 2.65. The first-order valence-electron chi connectivity index (χ1n) is 8.70. The van der Waals surface area contributed by atoms with Crippen molar-refractivity contribution in [2.24, 2.45) is 0 Å². The first-order valence-corrected chi connectivity index (χ1v) is 9.49. The summed E-state index contributed by atoms with van der Waals surface area (Å²) < 4.78 is 2.50. The molecule has 140 valence electrons. The quantitative estimate of drug-likeness (QED) is 0.654. The fourth-order valence-electron chi connectivity index (χ4n) is 3.21. The van der Waals surface area contributed by atoms with Crippen molar-refractivity contribution < 1.29 is 14.7 Å². The van der Waals surface area contributed by atoms with Crippen LogP contribution in [0.4, 0.5) is 0 Å². The summed E-state index contributed by atoms with van der Waals surface area (Å²) in [5.74, 6) is -0.195. The van der Waals surface area contributed by atoms with Crippen LogP contribution in [-0.2, 0) is 11.2 Å². The highest BCUT2D eigenvalue weighted by Gasteiger charge is 2.22. The third-order valence-electron chi connectivity index (χ3n) is 4.40. The van der Waals surface area contributed by atoms with Crippen LogP contribution in [0.2, 0.25) is 0 Å².